The second-order valence-corrected chi connectivity index (χ2v) is 3.68. The molecule has 0 aromatic carbocycles. The lowest BCUT2D eigenvalue weighted by Gasteiger charge is -2.26. The van der Waals surface area contributed by atoms with E-state index < -0.39 is 0 Å². The first-order valence-electron chi connectivity index (χ1n) is 5.28. The van der Waals surface area contributed by atoms with Crippen molar-refractivity contribution in [1.82, 2.24) is 9.97 Å². The van der Waals surface area contributed by atoms with Gasteiger partial charge in [0.05, 0.1) is 0 Å². The molecule has 0 aliphatic heterocycles. The van der Waals surface area contributed by atoms with E-state index in [0.717, 1.165) is 12.8 Å². The zero-order valence-electron chi connectivity index (χ0n) is 9.60. The van der Waals surface area contributed by atoms with Crippen LogP contribution in [0, 0.1) is 11.3 Å². The largest absolute Gasteiger partial charge is 0.474 e. The van der Waals surface area contributed by atoms with Crippen molar-refractivity contribution in [1.29, 1.82) is 5.26 Å². The summed E-state index contributed by atoms with van der Waals surface area (Å²) in [6.45, 7) is 4.36. The van der Waals surface area contributed by atoms with E-state index in [1.165, 1.54) is 12.4 Å². The normalized spacial score (nSPS) is 10.9. The Kier molecular flexibility index (Phi) is 4.20. The third-order valence-electron chi connectivity index (χ3n) is 2.68. The zero-order valence-corrected chi connectivity index (χ0v) is 9.60. The minimum absolute atomic E-state index is 0.192. The Morgan fingerprint density at radius 2 is 2.00 bits per heavy atom. The summed E-state index contributed by atoms with van der Waals surface area (Å²) in [5, 5.41) is 8.80. The summed E-state index contributed by atoms with van der Waals surface area (Å²) in [6, 6.07) is 1.93. The molecule has 1 rings (SSSR count). The van der Waals surface area contributed by atoms with Crippen LogP contribution in [0.25, 0.3) is 0 Å². The molecular formula is C11H16N4O. The number of hydrogen-bond donors (Lipinski definition) is 1. The Morgan fingerprint density at radius 3 is 2.56 bits per heavy atom. The Hall–Kier alpha value is -1.67. The first-order chi connectivity index (χ1) is 7.65. The summed E-state index contributed by atoms with van der Waals surface area (Å²) in [6.07, 6.45) is 4.57. The van der Waals surface area contributed by atoms with Crippen LogP contribution in [0.3, 0.4) is 0 Å². The van der Waals surface area contributed by atoms with Gasteiger partial charge in [-0.15, -0.1) is 0 Å². The number of hydrogen-bond acceptors (Lipinski definition) is 5. The highest BCUT2D eigenvalue weighted by Crippen LogP contribution is 2.15. The molecule has 0 aliphatic rings. The topological polar surface area (TPSA) is 84.8 Å². The Bertz CT molecular complexity index is 382. The Morgan fingerprint density at radius 1 is 1.38 bits per heavy atom. The maximum atomic E-state index is 8.80. The Balaban J connectivity index is 2.72. The molecule has 86 valence electrons. The van der Waals surface area contributed by atoms with Crippen LogP contribution in [0.15, 0.2) is 12.4 Å². The minimum Gasteiger partial charge on any atom is -0.474 e. The minimum atomic E-state index is -0.371. The molecule has 1 aromatic rings. The summed E-state index contributed by atoms with van der Waals surface area (Å²) in [5.74, 6) is 0.252. The third-order valence-corrected chi connectivity index (χ3v) is 2.68. The first kappa shape index (κ1) is 12.4. The summed E-state index contributed by atoms with van der Waals surface area (Å²) in [4.78, 5) is 7.82. The highest BCUT2D eigenvalue weighted by atomic mass is 16.5. The van der Waals surface area contributed by atoms with Crippen LogP contribution in [0.1, 0.15) is 32.4 Å². The van der Waals surface area contributed by atoms with Gasteiger partial charge in [-0.2, -0.15) is 5.26 Å². The van der Waals surface area contributed by atoms with Gasteiger partial charge in [0.2, 0.25) is 5.69 Å². The molecule has 2 N–H and O–H groups in total. The Labute approximate surface area is 95.3 Å². The SMILES string of the molecule is CCC(N)(CC)COc1nccnc1C#N. The van der Waals surface area contributed by atoms with Crippen molar-refractivity contribution >= 4 is 0 Å². The molecule has 1 heterocycles. The van der Waals surface area contributed by atoms with Crippen molar-refractivity contribution in [3.8, 4) is 11.9 Å². The smallest absolute Gasteiger partial charge is 0.251 e. The fourth-order valence-corrected chi connectivity index (χ4v) is 1.17. The van der Waals surface area contributed by atoms with E-state index in [1.807, 2.05) is 19.9 Å². The molecule has 0 bridgehead atoms. The van der Waals surface area contributed by atoms with Crippen LogP contribution < -0.4 is 10.5 Å². The lowest BCUT2D eigenvalue weighted by molar-refractivity contribution is 0.199. The molecule has 0 amide bonds. The van der Waals surface area contributed by atoms with E-state index in [0.29, 0.717) is 6.61 Å². The number of nitriles is 1. The zero-order chi connectivity index (χ0) is 12.0. The van der Waals surface area contributed by atoms with Crippen molar-refractivity contribution < 1.29 is 4.74 Å². The molecule has 5 heteroatoms. The molecule has 0 saturated heterocycles. The molecule has 0 saturated carbocycles. The maximum Gasteiger partial charge on any atom is 0.251 e. The maximum absolute atomic E-state index is 8.80. The van der Waals surface area contributed by atoms with Gasteiger partial charge in [0, 0.05) is 17.9 Å². The van der Waals surface area contributed by atoms with Gasteiger partial charge in [-0.3, -0.25) is 0 Å². The number of rotatable bonds is 5. The van der Waals surface area contributed by atoms with E-state index >= 15 is 0 Å². The highest BCUT2D eigenvalue weighted by molar-refractivity contribution is 5.29. The van der Waals surface area contributed by atoms with Crippen LogP contribution in [0.5, 0.6) is 5.88 Å². The van der Waals surface area contributed by atoms with Crippen LogP contribution >= 0.6 is 0 Å². The number of aromatic nitrogens is 2. The van der Waals surface area contributed by atoms with E-state index in [4.69, 9.17) is 15.7 Å². The van der Waals surface area contributed by atoms with Gasteiger partial charge in [-0.05, 0) is 12.8 Å². The molecule has 0 aliphatic carbocycles. The fraction of sp³-hybridized carbons (Fsp3) is 0.545. The van der Waals surface area contributed by atoms with Crippen molar-refractivity contribution in [2.75, 3.05) is 6.61 Å². The first-order valence-corrected chi connectivity index (χ1v) is 5.28. The molecule has 0 fully saturated rings. The molecule has 1 aromatic heterocycles. The van der Waals surface area contributed by atoms with Gasteiger partial charge < -0.3 is 10.5 Å². The van der Waals surface area contributed by atoms with E-state index in [-0.39, 0.29) is 17.1 Å². The molecular weight excluding hydrogens is 204 g/mol. The summed E-state index contributed by atoms with van der Waals surface area (Å²) in [7, 11) is 0. The lowest BCUT2D eigenvalue weighted by atomic mass is 9.96. The van der Waals surface area contributed by atoms with Crippen molar-refractivity contribution in [3.63, 3.8) is 0 Å². The number of nitrogens with zero attached hydrogens (tertiary/aromatic N) is 3. The van der Waals surface area contributed by atoms with Crippen LogP contribution in [-0.2, 0) is 0 Å². The van der Waals surface area contributed by atoms with Crippen LogP contribution in [0.4, 0.5) is 0 Å². The lowest BCUT2D eigenvalue weighted by Crippen LogP contribution is -2.44. The molecule has 0 radical (unpaired) electrons. The quantitative estimate of drug-likeness (QED) is 0.807. The van der Waals surface area contributed by atoms with Crippen molar-refractivity contribution in [2.24, 2.45) is 5.73 Å². The predicted molar refractivity (Wildman–Crippen MR) is 59.7 cm³/mol. The molecule has 0 atom stereocenters. The van der Waals surface area contributed by atoms with E-state index in [9.17, 15) is 0 Å². The molecule has 5 nitrogen and oxygen atoms in total. The second-order valence-electron chi connectivity index (χ2n) is 3.68. The van der Waals surface area contributed by atoms with Gasteiger partial charge in [0.25, 0.3) is 5.88 Å². The summed E-state index contributed by atoms with van der Waals surface area (Å²) >= 11 is 0. The fourth-order valence-electron chi connectivity index (χ4n) is 1.17. The van der Waals surface area contributed by atoms with Gasteiger partial charge >= 0.3 is 0 Å². The van der Waals surface area contributed by atoms with Crippen molar-refractivity contribution in [3.05, 3.63) is 18.1 Å². The van der Waals surface area contributed by atoms with E-state index in [2.05, 4.69) is 9.97 Å². The monoisotopic (exact) mass is 220 g/mol. The van der Waals surface area contributed by atoms with Gasteiger partial charge in [-0.1, -0.05) is 13.8 Å². The molecule has 0 unspecified atom stereocenters. The van der Waals surface area contributed by atoms with Crippen molar-refractivity contribution in [2.45, 2.75) is 32.2 Å². The second kappa shape index (κ2) is 5.42. The average Bonchev–Trinajstić information content (AvgIpc) is 2.36. The number of ether oxygens (including phenoxy) is 1. The standard InChI is InChI=1S/C11H16N4O/c1-3-11(13,4-2)8-16-10-9(7-12)14-5-6-15-10/h5-6H,3-4,8,13H2,1-2H3. The third kappa shape index (κ3) is 2.91. The van der Waals surface area contributed by atoms with Gasteiger partial charge in [0.15, 0.2) is 0 Å². The summed E-state index contributed by atoms with van der Waals surface area (Å²) < 4.78 is 5.45. The van der Waals surface area contributed by atoms with Crippen LogP contribution in [-0.4, -0.2) is 22.1 Å². The number of nitrogens with two attached hydrogens (primary N) is 1. The van der Waals surface area contributed by atoms with E-state index in [1.54, 1.807) is 0 Å². The van der Waals surface area contributed by atoms with Crippen LogP contribution in [0.2, 0.25) is 0 Å². The van der Waals surface area contributed by atoms with Gasteiger partial charge in [-0.25, -0.2) is 9.97 Å². The average molecular weight is 220 g/mol. The molecule has 16 heavy (non-hydrogen) atoms. The van der Waals surface area contributed by atoms with Gasteiger partial charge in [0.1, 0.15) is 12.7 Å². The summed E-state index contributed by atoms with van der Waals surface area (Å²) in [5.41, 5.74) is 5.90. The highest BCUT2D eigenvalue weighted by Gasteiger charge is 2.22. The molecule has 0 spiro atoms. The predicted octanol–water partition coefficient (Wildman–Crippen LogP) is 1.24.